The molecule has 1 aromatic carbocycles. The van der Waals surface area contributed by atoms with Gasteiger partial charge in [0.25, 0.3) is 0 Å². The fourth-order valence-electron chi connectivity index (χ4n) is 1.60. The number of benzene rings is 1. The molecule has 0 radical (unpaired) electrons. The van der Waals surface area contributed by atoms with E-state index < -0.39 is 10.0 Å². The third kappa shape index (κ3) is 4.47. The maximum atomic E-state index is 12.2. The van der Waals surface area contributed by atoms with Crippen LogP contribution in [0.3, 0.4) is 0 Å². The van der Waals surface area contributed by atoms with E-state index in [1.807, 2.05) is 6.07 Å². The van der Waals surface area contributed by atoms with Crippen molar-refractivity contribution in [3.05, 3.63) is 24.3 Å². The number of rotatable bonds is 7. The highest BCUT2D eigenvalue weighted by molar-refractivity contribution is 9.09. The Morgan fingerprint density at radius 2 is 1.95 bits per heavy atom. The van der Waals surface area contributed by atoms with Crippen molar-refractivity contribution in [3.8, 4) is 0 Å². The van der Waals surface area contributed by atoms with Gasteiger partial charge in [-0.05, 0) is 25.0 Å². The van der Waals surface area contributed by atoms with Crippen molar-refractivity contribution in [1.29, 1.82) is 0 Å². The van der Waals surface area contributed by atoms with Crippen molar-refractivity contribution in [2.45, 2.75) is 29.5 Å². The fourth-order valence-corrected chi connectivity index (χ4v) is 2.89. The molecule has 1 atom stereocenters. The molecule has 0 bridgehead atoms. The molecule has 0 aliphatic rings. The van der Waals surface area contributed by atoms with Gasteiger partial charge in [0, 0.05) is 25.5 Å². The molecule has 4 nitrogen and oxygen atoms in total. The van der Waals surface area contributed by atoms with Gasteiger partial charge in [-0.2, -0.15) is 0 Å². The number of halogens is 1. The van der Waals surface area contributed by atoms with E-state index in [0.29, 0.717) is 15.4 Å². The molecule has 0 spiro atoms. The summed E-state index contributed by atoms with van der Waals surface area (Å²) in [6.45, 7) is 2.85. The summed E-state index contributed by atoms with van der Waals surface area (Å²) in [5.74, 6) is 0. The van der Waals surface area contributed by atoms with Crippen LogP contribution < -0.4 is 5.32 Å². The molecule has 6 heteroatoms. The third-order valence-corrected chi connectivity index (χ3v) is 5.84. The summed E-state index contributed by atoms with van der Waals surface area (Å²) in [5.41, 5.74) is 0.659. The molecule has 0 heterocycles. The molecule has 1 aromatic rings. The summed E-state index contributed by atoms with van der Waals surface area (Å²) >= 11 is 3.57. The second-order valence-electron chi connectivity index (χ2n) is 4.50. The Kier molecular flexibility index (Phi) is 6.29. The zero-order chi connectivity index (χ0) is 14.5. The Labute approximate surface area is 124 Å². The van der Waals surface area contributed by atoms with Crippen molar-refractivity contribution >= 4 is 31.6 Å². The van der Waals surface area contributed by atoms with Gasteiger partial charge in [0.15, 0.2) is 0 Å². The van der Waals surface area contributed by atoms with Gasteiger partial charge in [0.1, 0.15) is 4.90 Å². The van der Waals surface area contributed by atoms with Crippen LogP contribution in [0.2, 0.25) is 0 Å². The van der Waals surface area contributed by atoms with Gasteiger partial charge in [0.2, 0.25) is 10.0 Å². The van der Waals surface area contributed by atoms with Gasteiger partial charge >= 0.3 is 0 Å². The van der Waals surface area contributed by atoms with E-state index in [9.17, 15) is 8.42 Å². The number of nitrogens with one attached hydrogen (secondary N) is 1. The molecular weight excluding hydrogens is 328 g/mol. The van der Waals surface area contributed by atoms with E-state index in [0.717, 1.165) is 19.4 Å². The average molecular weight is 349 g/mol. The highest BCUT2D eigenvalue weighted by Gasteiger charge is 2.20. The predicted molar refractivity (Wildman–Crippen MR) is 83.4 cm³/mol. The summed E-state index contributed by atoms with van der Waals surface area (Å²) in [7, 11) is -0.326. The molecule has 19 heavy (non-hydrogen) atoms. The van der Waals surface area contributed by atoms with Crippen molar-refractivity contribution in [3.63, 3.8) is 0 Å². The molecule has 0 saturated heterocycles. The van der Waals surface area contributed by atoms with Crippen LogP contribution >= 0.6 is 15.9 Å². The molecule has 1 rings (SSSR count). The Bertz CT molecular complexity index is 503. The monoisotopic (exact) mass is 348 g/mol. The molecule has 0 aliphatic heterocycles. The van der Waals surface area contributed by atoms with E-state index >= 15 is 0 Å². The Morgan fingerprint density at radius 3 is 2.53 bits per heavy atom. The first-order valence-electron chi connectivity index (χ1n) is 6.29. The van der Waals surface area contributed by atoms with Gasteiger partial charge in [-0.1, -0.05) is 35.0 Å². The number of hydrogen-bond donors (Lipinski definition) is 1. The highest BCUT2D eigenvalue weighted by Crippen LogP contribution is 2.23. The molecule has 0 aromatic heterocycles. The van der Waals surface area contributed by atoms with Crippen molar-refractivity contribution in [2.75, 3.05) is 26.0 Å². The number of alkyl halides is 1. The summed E-state index contributed by atoms with van der Waals surface area (Å²) in [6.07, 6.45) is 2.01. The lowest BCUT2D eigenvalue weighted by Gasteiger charge is -2.16. The van der Waals surface area contributed by atoms with Crippen LogP contribution in [-0.4, -0.2) is 38.2 Å². The van der Waals surface area contributed by atoms with Crippen LogP contribution in [0.4, 0.5) is 5.69 Å². The minimum absolute atomic E-state index is 0.322. The highest BCUT2D eigenvalue weighted by atomic mass is 79.9. The summed E-state index contributed by atoms with van der Waals surface area (Å²) in [6, 6.07) is 7.00. The number of nitrogens with zero attached hydrogens (tertiary/aromatic N) is 1. The van der Waals surface area contributed by atoms with Gasteiger partial charge in [-0.3, -0.25) is 0 Å². The quantitative estimate of drug-likeness (QED) is 0.770. The summed E-state index contributed by atoms with van der Waals surface area (Å²) in [5, 5.41) is 3.20. The van der Waals surface area contributed by atoms with Gasteiger partial charge in [0.05, 0.1) is 5.69 Å². The maximum absolute atomic E-state index is 12.2. The lowest BCUT2D eigenvalue weighted by Crippen LogP contribution is -2.23. The zero-order valence-electron chi connectivity index (χ0n) is 11.6. The van der Waals surface area contributed by atoms with Gasteiger partial charge < -0.3 is 5.32 Å². The summed E-state index contributed by atoms with van der Waals surface area (Å²) < 4.78 is 25.6. The van der Waals surface area contributed by atoms with Crippen LogP contribution in [0.1, 0.15) is 19.8 Å². The minimum Gasteiger partial charge on any atom is -0.384 e. The Morgan fingerprint density at radius 1 is 1.32 bits per heavy atom. The lowest BCUT2D eigenvalue weighted by atomic mass is 10.2. The normalized spacial score (nSPS) is 13.5. The molecule has 0 fully saturated rings. The first-order chi connectivity index (χ1) is 8.89. The SMILES string of the molecule is CCC(Br)CCNc1ccccc1S(=O)(=O)N(C)C. The minimum atomic E-state index is -3.40. The lowest BCUT2D eigenvalue weighted by molar-refractivity contribution is 0.521. The smallest absolute Gasteiger partial charge is 0.244 e. The molecule has 1 unspecified atom stereocenters. The Balaban J connectivity index is 2.86. The molecular formula is C13H21BrN2O2S. The summed E-state index contributed by atoms with van der Waals surface area (Å²) in [4.78, 5) is 0.778. The number of hydrogen-bond acceptors (Lipinski definition) is 3. The largest absolute Gasteiger partial charge is 0.384 e. The molecule has 108 valence electrons. The van der Waals surface area contributed by atoms with Crippen LogP contribution in [0.5, 0.6) is 0 Å². The molecule has 0 amide bonds. The van der Waals surface area contributed by atoms with E-state index in [4.69, 9.17) is 0 Å². The predicted octanol–water partition coefficient (Wildman–Crippen LogP) is 2.91. The van der Waals surface area contributed by atoms with E-state index in [1.54, 1.807) is 18.2 Å². The fraction of sp³-hybridized carbons (Fsp3) is 0.538. The van der Waals surface area contributed by atoms with Gasteiger partial charge in [-0.25, -0.2) is 12.7 Å². The molecule has 0 saturated carbocycles. The van der Waals surface area contributed by atoms with E-state index in [-0.39, 0.29) is 0 Å². The second-order valence-corrected chi connectivity index (χ2v) is 7.92. The zero-order valence-corrected chi connectivity index (χ0v) is 14.0. The first kappa shape index (κ1) is 16.5. The number of anilines is 1. The standard InChI is InChI=1S/C13H21BrN2O2S/c1-4-11(14)9-10-15-12-7-5-6-8-13(12)19(17,18)16(2)3/h5-8,11,15H,4,9-10H2,1-3H3. The first-order valence-corrected chi connectivity index (χ1v) is 8.64. The maximum Gasteiger partial charge on any atom is 0.244 e. The van der Waals surface area contributed by atoms with E-state index in [2.05, 4.69) is 28.2 Å². The topological polar surface area (TPSA) is 49.4 Å². The molecule has 1 N–H and O–H groups in total. The average Bonchev–Trinajstić information content (AvgIpc) is 2.38. The van der Waals surface area contributed by atoms with Crippen molar-refractivity contribution in [1.82, 2.24) is 4.31 Å². The number of para-hydroxylation sites is 1. The second kappa shape index (κ2) is 7.26. The van der Waals surface area contributed by atoms with Crippen LogP contribution in [-0.2, 0) is 10.0 Å². The van der Waals surface area contributed by atoms with Crippen LogP contribution in [0.25, 0.3) is 0 Å². The van der Waals surface area contributed by atoms with Crippen molar-refractivity contribution < 1.29 is 8.42 Å². The third-order valence-electron chi connectivity index (χ3n) is 2.86. The van der Waals surface area contributed by atoms with E-state index in [1.165, 1.54) is 18.4 Å². The van der Waals surface area contributed by atoms with Crippen molar-refractivity contribution in [2.24, 2.45) is 0 Å². The molecule has 0 aliphatic carbocycles. The van der Waals surface area contributed by atoms with Crippen LogP contribution in [0, 0.1) is 0 Å². The Hall–Kier alpha value is -0.590. The van der Waals surface area contributed by atoms with Gasteiger partial charge in [-0.15, -0.1) is 0 Å². The van der Waals surface area contributed by atoms with Crippen LogP contribution in [0.15, 0.2) is 29.2 Å². The number of sulfonamides is 1.